The Hall–Kier alpha value is -0.370. The molecule has 2 heteroatoms. The zero-order chi connectivity index (χ0) is 10.4. The fraction of sp³-hybridized carbons (Fsp3) is 0.917. The Labute approximate surface area is 87.7 Å². The average Bonchev–Trinajstić information content (AvgIpc) is 2.19. The van der Waals surface area contributed by atoms with Crippen molar-refractivity contribution in [3.63, 3.8) is 0 Å². The highest BCUT2D eigenvalue weighted by atomic mass is 16.1. The van der Waals surface area contributed by atoms with Gasteiger partial charge in [0, 0.05) is 12.5 Å². The standard InChI is InChI=1S/C12H23NO/c1-3-7-12(14)10-13-9-6-5-8-11(13)4-2/h11H,3-10H2,1-2H3. The van der Waals surface area contributed by atoms with Crippen LogP contribution in [-0.4, -0.2) is 29.8 Å². The largest absolute Gasteiger partial charge is 0.298 e. The van der Waals surface area contributed by atoms with Gasteiger partial charge in [-0.1, -0.05) is 20.3 Å². The summed E-state index contributed by atoms with van der Waals surface area (Å²) in [5.41, 5.74) is 0. The van der Waals surface area contributed by atoms with Crippen LogP contribution in [0.5, 0.6) is 0 Å². The van der Waals surface area contributed by atoms with Crippen molar-refractivity contribution in [2.75, 3.05) is 13.1 Å². The highest BCUT2D eigenvalue weighted by Gasteiger charge is 2.21. The van der Waals surface area contributed by atoms with Crippen molar-refractivity contribution in [1.29, 1.82) is 0 Å². The summed E-state index contributed by atoms with van der Waals surface area (Å²) in [5, 5.41) is 0. The van der Waals surface area contributed by atoms with Gasteiger partial charge in [0.25, 0.3) is 0 Å². The third-order valence-corrected chi connectivity index (χ3v) is 3.13. The molecule has 1 saturated heterocycles. The van der Waals surface area contributed by atoms with Crippen LogP contribution in [-0.2, 0) is 4.79 Å². The van der Waals surface area contributed by atoms with Crippen LogP contribution in [0.25, 0.3) is 0 Å². The van der Waals surface area contributed by atoms with E-state index in [0.717, 1.165) is 19.4 Å². The summed E-state index contributed by atoms with van der Waals surface area (Å²) in [4.78, 5) is 13.9. The van der Waals surface area contributed by atoms with E-state index in [1.54, 1.807) is 0 Å². The van der Waals surface area contributed by atoms with E-state index in [4.69, 9.17) is 0 Å². The molecule has 0 bridgehead atoms. The molecular weight excluding hydrogens is 174 g/mol. The number of hydrogen-bond donors (Lipinski definition) is 0. The lowest BCUT2D eigenvalue weighted by atomic mass is 9.99. The first-order chi connectivity index (χ1) is 6.77. The molecule has 82 valence electrons. The molecule has 1 aliphatic rings. The number of piperidine rings is 1. The number of rotatable bonds is 5. The first kappa shape index (κ1) is 11.7. The van der Waals surface area contributed by atoms with Crippen LogP contribution in [0.3, 0.4) is 0 Å². The first-order valence-electron chi connectivity index (χ1n) is 6.03. The third-order valence-electron chi connectivity index (χ3n) is 3.13. The van der Waals surface area contributed by atoms with Gasteiger partial charge in [0.2, 0.25) is 0 Å². The maximum absolute atomic E-state index is 11.5. The van der Waals surface area contributed by atoms with E-state index in [1.807, 2.05) is 0 Å². The van der Waals surface area contributed by atoms with Crippen molar-refractivity contribution in [2.45, 2.75) is 58.4 Å². The second-order valence-corrected chi connectivity index (χ2v) is 4.32. The summed E-state index contributed by atoms with van der Waals surface area (Å²) in [6, 6.07) is 0.671. The SMILES string of the molecule is CCCC(=O)CN1CCCCC1CC. The van der Waals surface area contributed by atoms with E-state index in [1.165, 1.54) is 25.7 Å². The summed E-state index contributed by atoms with van der Waals surface area (Å²) in [6.45, 7) is 6.14. The molecular formula is C12H23NO. The monoisotopic (exact) mass is 197 g/mol. The van der Waals surface area contributed by atoms with Gasteiger partial charge in [-0.3, -0.25) is 9.69 Å². The van der Waals surface area contributed by atoms with Crippen molar-refractivity contribution in [1.82, 2.24) is 4.90 Å². The van der Waals surface area contributed by atoms with Gasteiger partial charge in [-0.25, -0.2) is 0 Å². The minimum Gasteiger partial charge on any atom is -0.298 e. The lowest BCUT2D eigenvalue weighted by Gasteiger charge is -2.34. The van der Waals surface area contributed by atoms with Crippen molar-refractivity contribution < 1.29 is 4.79 Å². The topological polar surface area (TPSA) is 20.3 Å². The molecule has 0 N–H and O–H groups in total. The van der Waals surface area contributed by atoms with Crippen molar-refractivity contribution >= 4 is 5.78 Å². The molecule has 1 atom stereocenters. The summed E-state index contributed by atoms with van der Waals surface area (Å²) in [6.07, 6.45) is 6.85. The van der Waals surface area contributed by atoms with Gasteiger partial charge in [0.15, 0.2) is 0 Å². The molecule has 0 radical (unpaired) electrons. The van der Waals surface area contributed by atoms with Gasteiger partial charge in [0.05, 0.1) is 6.54 Å². The number of nitrogens with zero attached hydrogens (tertiary/aromatic N) is 1. The Bertz CT molecular complexity index is 179. The smallest absolute Gasteiger partial charge is 0.146 e. The van der Waals surface area contributed by atoms with E-state index in [0.29, 0.717) is 18.4 Å². The van der Waals surface area contributed by atoms with E-state index in [9.17, 15) is 4.79 Å². The van der Waals surface area contributed by atoms with Crippen LogP contribution in [0.15, 0.2) is 0 Å². The lowest BCUT2D eigenvalue weighted by molar-refractivity contribution is -0.121. The molecule has 1 aliphatic heterocycles. The Morgan fingerprint density at radius 3 is 2.79 bits per heavy atom. The molecule has 0 aromatic carbocycles. The van der Waals surface area contributed by atoms with E-state index in [-0.39, 0.29) is 0 Å². The molecule has 2 nitrogen and oxygen atoms in total. The number of carbonyl (C=O) groups excluding carboxylic acids is 1. The predicted molar refractivity (Wildman–Crippen MR) is 59.4 cm³/mol. The predicted octanol–water partition coefficient (Wildman–Crippen LogP) is 2.62. The quantitative estimate of drug-likeness (QED) is 0.675. The minimum absolute atomic E-state index is 0.424. The molecule has 1 heterocycles. The maximum Gasteiger partial charge on any atom is 0.146 e. The molecule has 1 rings (SSSR count). The van der Waals surface area contributed by atoms with Crippen LogP contribution < -0.4 is 0 Å². The molecule has 0 aromatic rings. The van der Waals surface area contributed by atoms with Gasteiger partial charge < -0.3 is 0 Å². The Morgan fingerprint density at radius 1 is 1.36 bits per heavy atom. The second-order valence-electron chi connectivity index (χ2n) is 4.32. The zero-order valence-electron chi connectivity index (χ0n) is 9.59. The molecule has 1 fully saturated rings. The van der Waals surface area contributed by atoms with Crippen LogP contribution in [0.2, 0.25) is 0 Å². The van der Waals surface area contributed by atoms with E-state index in [2.05, 4.69) is 18.7 Å². The number of carbonyl (C=O) groups is 1. The molecule has 0 aromatic heterocycles. The van der Waals surface area contributed by atoms with Gasteiger partial charge in [-0.05, 0) is 32.2 Å². The average molecular weight is 197 g/mol. The van der Waals surface area contributed by atoms with Crippen LogP contribution in [0.1, 0.15) is 52.4 Å². The van der Waals surface area contributed by atoms with Crippen molar-refractivity contribution in [2.24, 2.45) is 0 Å². The third kappa shape index (κ3) is 3.41. The fourth-order valence-corrected chi connectivity index (χ4v) is 2.31. The summed E-state index contributed by atoms with van der Waals surface area (Å²) >= 11 is 0. The van der Waals surface area contributed by atoms with E-state index < -0.39 is 0 Å². The lowest BCUT2D eigenvalue weighted by Crippen LogP contribution is -2.42. The second kappa shape index (κ2) is 6.18. The van der Waals surface area contributed by atoms with Crippen LogP contribution in [0.4, 0.5) is 0 Å². The van der Waals surface area contributed by atoms with Crippen LogP contribution in [0, 0.1) is 0 Å². The Balaban J connectivity index is 2.36. The van der Waals surface area contributed by atoms with Gasteiger partial charge >= 0.3 is 0 Å². The minimum atomic E-state index is 0.424. The number of ketones is 1. The molecule has 0 saturated carbocycles. The number of likely N-dealkylation sites (tertiary alicyclic amines) is 1. The van der Waals surface area contributed by atoms with Gasteiger partial charge in [-0.15, -0.1) is 0 Å². The maximum atomic E-state index is 11.5. The Morgan fingerprint density at radius 2 is 2.14 bits per heavy atom. The number of Topliss-reactive ketones (excluding diaryl/α,β-unsaturated/α-hetero) is 1. The molecule has 0 spiro atoms. The number of hydrogen-bond acceptors (Lipinski definition) is 2. The fourth-order valence-electron chi connectivity index (χ4n) is 2.31. The summed E-state index contributed by atoms with van der Waals surface area (Å²) in [5.74, 6) is 0.424. The van der Waals surface area contributed by atoms with Crippen molar-refractivity contribution in [3.8, 4) is 0 Å². The molecule has 0 aliphatic carbocycles. The molecule has 14 heavy (non-hydrogen) atoms. The molecule has 1 unspecified atom stereocenters. The highest BCUT2D eigenvalue weighted by Crippen LogP contribution is 2.19. The summed E-state index contributed by atoms with van der Waals surface area (Å²) in [7, 11) is 0. The highest BCUT2D eigenvalue weighted by molar-refractivity contribution is 5.80. The van der Waals surface area contributed by atoms with Gasteiger partial charge in [0.1, 0.15) is 5.78 Å². The normalized spacial score (nSPS) is 23.7. The van der Waals surface area contributed by atoms with Crippen molar-refractivity contribution in [3.05, 3.63) is 0 Å². The first-order valence-corrected chi connectivity index (χ1v) is 6.03. The van der Waals surface area contributed by atoms with Gasteiger partial charge in [-0.2, -0.15) is 0 Å². The zero-order valence-corrected chi connectivity index (χ0v) is 9.59. The molecule has 0 amide bonds. The Kier molecular flexibility index (Phi) is 5.16. The summed E-state index contributed by atoms with van der Waals surface area (Å²) < 4.78 is 0. The van der Waals surface area contributed by atoms with E-state index >= 15 is 0 Å². The van der Waals surface area contributed by atoms with Crippen LogP contribution >= 0.6 is 0 Å².